The number of aliphatic hydroxyl groups is 2. The SMILES string of the molecule is COc1ncnc2c1ncn2[C@@H]1O[C@H](COP(=O)(O)O)[C@@H](O)[C@@H]1O. The molecule has 1 aliphatic heterocycles. The van der Waals surface area contributed by atoms with Crippen LogP contribution < -0.4 is 4.74 Å². The van der Waals surface area contributed by atoms with Gasteiger partial charge in [0.2, 0.25) is 5.88 Å². The number of aromatic nitrogens is 4. The molecule has 2 aromatic heterocycles. The summed E-state index contributed by atoms with van der Waals surface area (Å²) in [5.74, 6) is 0.230. The zero-order chi connectivity index (χ0) is 17.5. The van der Waals surface area contributed by atoms with Crippen molar-refractivity contribution in [3.8, 4) is 5.88 Å². The van der Waals surface area contributed by atoms with Crippen LogP contribution >= 0.6 is 7.82 Å². The highest BCUT2D eigenvalue weighted by molar-refractivity contribution is 7.46. The summed E-state index contributed by atoms with van der Waals surface area (Å²) in [6.45, 7) is -0.593. The first kappa shape index (κ1) is 17.2. The van der Waals surface area contributed by atoms with Crippen LogP contribution in [0.3, 0.4) is 0 Å². The number of methoxy groups -OCH3 is 1. The van der Waals surface area contributed by atoms with E-state index in [0.717, 1.165) is 0 Å². The van der Waals surface area contributed by atoms with E-state index in [1.54, 1.807) is 0 Å². The number of aliphatic hydroxyl groups excluding tert-OH is 2. The molecule has 0 bridgehead atoms. The number of hydrogen-bond donors (Lipinski definition) is 4. The van der Waals surface area contributed by atoms with E-state index in [2.05, 4.69) is 19.5 Å². The van der Waals surface area contributed by atoms with Gasteiger partial charge in [0, 0.05) is 0 Å². The van der Waals surface area contributed by atoms with Crippen LogP contribution in [-0.4, -0.2) is 71.5 Å². The van der Waals surface area contributed by atoms with Gasteiger partial charge in [-0.25, -0.2) is 14.5 Å². The smallest absolute Gasteiger partial charge is 0.469 e. The summed E-state index contributed by atoms with van der Waals surface area (Å²) < 4.78 is 27.0. The van der Waals surface area contributed by atoms with E-state index in [9.17, 15) is 14.8 Å². The minimum atomic E-state index is -4.72. The fourth-order valence-corrected chi connectivity index (χ4v) is 2.77. The first-order valence-electron chi connectivity index (χ1n) is 6.75. The Bertz CT molecular complexity index is 778. The Labute approximate surface area is 134 Å². The van der Waals surface area contributed by atoms with Crippen LogP contribution in [0.25, 0.3) is 11.2 Å². The van der Waals surface area contributed by atoms with Crippen LogP contribution in [0.2, 0.25) is 0 Å². The summed E-state index contributed by atoms with van der Waals surface area (Å²) in [6, 6.07) is 0. The zero-order valence-electron chi connectivity index (χ0n) is 12.3. The van der Waals surface area contributed by atoms with Crippen LogP contribution in [0.15, 0.2) is 12.7 Å². The van der Waals surface area contributed by atoms with Gasteiger partial charge in [0.05, 0.1) is 20.0 Å². The summed E-state index contributed by atoms with van der Waals surface area (Å²) in [5.41, 5.74) is 0.634. The standard InChI is InChI=1S/C11H15N4O8P/c1-21-10-6-9(12-3-13-10)15(4-14-6)11-8(17)7(16)5(23-11)2-22-24(18,19)20/h3-5,7-8,11,16-17H,2H2,1H3,(H2,18,19,20)/t5-,7-,8+,11-/m1/s1. The zero-order valence-corrected chi connectivity index (χ0v) is 13.2. The minimum absolute atomic E-state index is 0.230. The van der Waals surface area contributed by atoms with Gasteiger partial charge >= 0.3 is 7.82 Å². The van der Waals surface area contributed by atoms with Gasteiger partial charge in [-0.1, -0.05) is 0 Å². The molecule has 3 heterocycles. The Kier molecular flexibility index (Phi) is 4.53. The van der Waals surface area contributed by atoms with E-state index in [0.29, 0.717) is 11.2 Å². The Balaban J connectivity index is 1.86. The summed E-state index contributed by atoms with van der Waals surface area (Å²) in [5, 5.41) is 20.2. The fraction of sp³-hybridized carbons (Fsp3) is 0.545. The van der Waals surface area contributed by atoms with Gasteiger partial charge in [-0.3, -0.25) is 9.09 Å². The van der Waals surface area contributed by atoms with Crippen LogP contribution in [-0.2, 0) is 13.8 Å². The summed E-state index contributed by atoms with van der Waals surface area (Å²) in [7, 11) is -3.31. The van der Waals surface area contributed by atoms with Crippen LogP contribution in [0, 0.1) is 0 Å². The molecule has 13 heteroatoms. The molecule has 0 saturated carbocycles. The highest BCUT2D eigenvalue weighted by Gasteiger charge is 2.45. The van der Waals surface area contributed by atoms with Crippen molar-refractivity contribution in [3.05, 3.63) is 12.7 Å². The molecule has 4 atom stereocenters. The number of phosphoric ester groups is 1. The maximum atomic E-state index is 10.8. The van der Waals surface area contributed by atoms with Crippen molar-refractivity contribution < 1.29 is 38.6 Å². The minimum Gasteiger partial charge on any atom is -0.479 e. The molecule has 12 nitrogen and oxygen atoms in total. The molecule has 132 valence electrons. The second kappa shape index (κ2) is 6.33. The average Bonchev–Trinajstić information content (AvgIpc) is 3.07. The van der Waals surface area contributed by atoms with Gasteiger partial charge in [-0.05, 0) is 0 Å². The second-order valence-electron chi connectivity index (χ2n) is 5.04. The molecular formula is C11H15N4O8P. The topological polar surface area (TPSA) is 169 Å². The van der Waals surface area contributed by atoms with E-state index in [1.807, 2.05) is 0 Å². The molecule has 4 N–H and O–H groups in total. The number of rotatable bonds is 5. The highest BCUT2D eigenvalue weighted by Crippen LogP contribution is 2.38. The quantitative estimate of drug-likeness (QED) is 0.460. The Hall–Kier alpha value is -1.66. The molecule has 1 saturated heterocycles. The summed E-state index contributed by atoms with van der Waals surface area (Å²) in [6.07, 6.45) is -2.44. The maximum Gasteiger partial charge on any atom is 0.469 e. The van der Waals surface area contributed by atoms with Crippen molar-refractivity contribution >= 4 is 19.0 Å². The van der Waals surface area contributed by atoms with E-state index in [1.165, 1.54) is 24.3 Å². The Morgan fingerprint density at radius 3 is 2.71 bits per heavy atom. The van der Waals surface area contributed by atoms with Crippen molar-refractivity contribution in [2.75, 3.05) is 13.7 Å². The summed E-state index contributed by atoms with van der Waals surface area (Å²) >= 11 is 0. The van der Waals surface area contributed by atoms with Gasteiger partial charge in [0.25, 0.3) is 0 Å². The van der Waals surface area contributed by atoms with Crippen LogP contribution in [0.4, 0.5) is 0 Å². The molecular weight excluding hydrogens is 347 g/mol. The highest BCUT2D eigenvalue weighted by atomic mass is 31.2. The van der Waals surface area contributed by atoms with Crippen molar-refractivity contribution in [1.29, 1.82) is 0 Å². The Morgan fingerprint density at radius 1 is 1.29 bits per heavy atom. The van der Waals surface area contributed by atoms with E-state index < -0.39 is 39.0 Å². The third-order valence-corrected chi connectivity index (χ3v) is 4.02. The van der Waals surface area contributed by atoms with Gasteiger partial charge in [-0.2, -0.15) is 4.98 Å². The summed E-state index contributed by atoms with van der Waals surface area (Å²) in [4.78, 5) is 29.5. The molecule has 0 radical (unpaired) electrons. The molecule has 0 aromatic carbocycles. The largest absolute Gasteiger partial charge is 0.479 e. The molecule has 0 unspecified atom stereocenters. The lowest BCUT2D eigenvalue weighted by molar-refractivity contribution is -0.0504. The molecule has 3 rings (SSSR count). The molecule has 0 aliphatic carbocycles. The first-order valence-corrected chi connectivity index (χ1v) is 8.28. The van der Waals surface area contributed by atoms with E-state index >= 15 is 0 Å². The third-order valence-electron chi connectivity index (χ3n) is 3.54. The van der Waals surface area contributed by atoms with Crippen molar-refractivity contribution in [3.63, 3.8) is 0 Å². The molecule has 2 aromatic rings. The molecule has 0 spiro atoms. The van der Waals surface area contributed by atoms with Crippen molar-refractivity contribution in [2.24, 2.45) is 0 Å². The number of ether oxygens (including phenoxy) is 2. The number of nitrogens with zero attached hydrogens (tertiary/aromatic N) is 4. The van der Waals surface area contributed by atoms with Gasteiger partial charge < -0.3 is 29.5 Å². The number of fused-ring (bicyclic) bond motifs is 1. The van der Waals surface area contributed by atoms with Crippen LogP contribution in [0.1, 0.15) is 6.23 Å². The lowest BCUT2D eigenvalue weighted by Crippen LogP contribution is -2.33. The predicted octanol–water partition coefficient (Wildman–Crippen LogP) is -1.44. The molecule has 24 heavy (non-hydrogen) atoms. The van der Waals surface area contributed by atoms with E-state index in [4.69, 9.17) is 19.3 Å². The number of hydrogen-bond acceptors (Lipinski definition) is 9. The first-order chi connectivity index (χ1) is 11.3. The second-order valence-corrected chi connectivity index (χ2v) is 6.28. The third kappa shape index (κ3) is 3.13. The fourth-order valence-electron chi connectivity index (χ4n) is 2.43. The van der Waals surface area contributed by atoms with Gasteiger partial charge in [-0.15, -0.1) is 0 Å². The van der Waals surface area contributed by atoms with E-state index in [-0.39, 0.29) is 5.88 Å². The normalized spacial score (nSPS) is 27.7. The van der Waals surface area contributed by atoms with Crippen molar-refractivity contribution in [1.82, 2.24) is 19.5 Å². The monoisotopic (exact) mass is 362 g/mol. The predicted molar refractivity (Wildman–Crippen MR) is 75.8 cm³/mol. The number of phosphoric acid groups is 1. The lowest BCUT2D eigenvalue weighted by Gasteiger charge is -2.16. The number of imidazole rings is 1. The van der Waals surface area contributed by atoms with Gasteiger partial charge in [0.15, 0.2) is 17.4 Å². The molecule has 1 fully saturated rings. The molecule has 1 aliphatic rings. The van der Waals surface area contributed by atoms with Crippen molar-refractivity contribution in [2.45, 2.75) is 24.5 Å². The maximum absolute atomic E-state index is 10.8. The van der Waals surface area contributed by atoms with Gasteiger partial charge in [0.1, 0.15) is 24.6 Å². The molecule has 0 amide bonds. The average molecular weight is 362 g/mol. The Morgan fingerprint density at radius 2 is 2.04 bits per heavy atom. The van der Waals surface area contributed by atoms with Crippen LogP contribution in [0.5, 0.6) is 5.88 Å². The lowest BCUT2D eigenvalue weighted by atomic mass is 10.1.